The Kier molecular flexibility index (Phi) is 3.65. The first-order chi connectivity index (χ1) is 9.34. The molecule has 3 nitrogen and oxygen atoms in total. The first kappa shape index (κ1) is 12.4. The number of nitrogens with two attached hydrogens (primary N) is 1. The van der Waals surface area contributed by atoms with Crippen molar-refractivity contribution < 1.29 is 0 Å². The van der Waals surface area contributed by atoms with Crippen LogP contribution in [0.2, 0.25) is 0 Å². The van der Waals surface area contributed by atoms with Crippen molar-refractivity contribution in [1.82, 2.24) is 9.97 Å². The van der Waals surface area contributed by atoms with Gasteiger partial charge in [-0.05, 0) is 29.9 Å². The maximum Gasteiger partial charge on any atom is 0.127 e. The molecule has 1 aliphatic carbocycles. The zero-order valence-corrected chi connectivity index (χ0v) is 11.2. The number of nitrogens with zero attached hydrogens (tertiary/aromatic N) is 1. The molecule has 2 aromatic rings. The second-order valence-electron chi connectivity index (χ2n) is 5.45. The minimum Gasteiger partial charge on any atom is -0.347 e. The third-order valence-electron chi connectivity index (χ3n) is 4.19. The van der Waals surface area contributed by atoms with Gasteiger partial charge in [0.1, 0.15) is 5.82 Å². The van der Waals surface area contributed by atoms with Gasteiger partial charge in [0.15, 0.2) is 0 Å². The Bertz CT molecular complexity index is 495. The van der Waals surface area contributed by atoms with Crippen molar-refractivity contribution in [3.05, 3.63) is 53.6 Å². The van der Waals surface area contributed by atoms with Crippen LogP contribution in [0.4, 0.5) is 0 Å². The van der Waals surface area contributed by atoms with Crippen molar-refractivity contribution in [3.8, 4) is 0 Å². The van der Waals surface area contributed by atoms with E-state index in [1.807, 2.05) is 6.20 Å². The zero-order valence-electron chi connectivity index (χ0n) is 11.2. The van der Waals surface area contributed by atoms with E-state index in [1.54, 1.807) is 6.20 Å². The number of hydrogen-bond donors (Lipinski definition) is 2. The number of H-pyrrole nitrogens is 1. The largest absolute Gasteiger partial charge is 0.347 e. The predicted molar refractivity (Wildman–Crippen MR) is 76.9 cm³/mol. The van der Waals surface area contributed by atoms with Gasteiger partial charge >= 0.3 is 0 Å². The lowest BCUT2D eigenvalue weighted by Gasteiger charge is -2.22. The van der Waals surface area contributed by atoms with Crippen molar-refractivity contribution in [3.63, 3.8) is 0 Å². The highest BCUT2D eigenvalue weighted by Gasteiger charge is 2.16. The molecule has 3 heteroatoms. The minimum absolute atomic E-state index is 0.157. The third kappa shape index (κ3) is 2.71. The highest BCUT2D eigenvalue weighted by Crippen LogP contribution is 2.33. The van der Waals surface area contributed by atoms with Crippen LogP contribution < -0.4 is 5.73 Å². The molecule has 1 fully saturated rings. The van der Waals surface area contributed by atoms with Gasteiger partial charge in [-0.15, -0.1) is 0 Å². The third-order valence-corrected chi connectivity index (χ3v) is 4.19. The van der Waals surface area contributed by atoms with Crippen LogP contribution in [0.1, 0.15) is 61.0 Å². The fraction of sp³-hybridized carbons (Fsp3) is 0.438. The first-order valence-electron chi connectivity index (χ1n) is 7.19. The fourth-order valence-electron chi connectivity index (χ4n) is 3.02. The SMILES string of the molecule is NC(c1ccc(C2CCCCC2)cc1)c1ncc[nH]1. The molecule has 100 valence electrons. The smallest absolute Gasteiger partial charge is 0.127 e. The van der Waals surface area contributed by atoms with Gasteiger partial charge in [0.05, 0.1) is 6.04 Å². The molecule has 0 saturated heterocycles. The van der Waals surface area contributed by atoms with Crippen LogP contribution in [0.25, 0.3) is 0 Å². The first-order valence-corrected chi connectivity index (χ1v) is 7.19. The molecular formula is C16H21N3. The van der Waals surface area contributed by atoms with Crippen LogP contribution in [0.5, 0.6) is 0 Å². The van der Waals surface area contributed by atoms with Crippen molar-refractivity contribution in [2.24, 2.45) is 5.73 Å². The summed E-state index contributed by atoms with van der Waals surface area (Å²) >= 11 is 0. The molecule has 1 aliphatic rings. The van der Waals surface area contributed by atoms with Gasteiger partial charge in [-0.2, -0.15) is 0 Å². The summed E-state index contributed by atoms with van der Waals surface area (Å²) in [6.45, 7) is 0. The lowest BCUT2D eigenvalue weighted by molar-refractivity contribution is 0.443. The number of benzene rings is 1. The van der Waals surface area contributed by atoms with Crippen LogP contribution in [-0.2, 0) is 0 Å². The molecule has 1 heterocycles. The highest BCUT2D eigenvalue weighted by molar-refractivity contribution is 5.30. The summed E-state index contributed by atoms with van der Waals surface area (Å²) in [6, 6.07) is 8.63. The lowest BCUT2D eigenvalue weighted by Crippen LogP contribution is -2.13. The molecule has 0 bridgehead atoms. The molecular weight excluding hydrogens is 234 g/mol. The molecule has 19 heavy (non-hydrogen) atoms. The second kappa shape index (κ2) is 5.57. The van der Waals surface area contributed by atoms with Gasteiger partial charge in [-0.25, -0.2) is 4.98 Å². The molecule has 1 unspecified atom stereocenters. The summed E-state index contributed by atoms with van der Waals surface area (Å²) in [4.78, 5) is 7.30. The molecule has 0 spiro atoms. The van der Waals surface area contributed by atoms with E-state index in [-0.39, 0.29) is 6.04 Å². The Labute approximate surface area is 114 Å². The zero-order chi connectivity index (χ0) is 13.1. The summed E-state index contributed by atoms with van der Waals surface area (Å²) < 4.78 is 0. The molecule has 1 atom stereocenters. The van der Waals surface area contributed by atoms with E-state index in [2.05, 4.69) is 34.2 Å². The van der Waals surface area contributed by atoms with E-state index >= 15 is 0 Å². The summed E-state index contributed by atoms with van der Waals surface area (Å²) in [5.74, 6) is 1.58. The molecule has 1 saturated carbocycles. The number of imidazole rings is 1. The Morgan fingerprint density at radius 3 is 2.47 bits per heavy atom. The summed E-state index contributed by atoms with van der Waals surface area (Å²) in [7, 11) is 0. The Hall–Kier alpha value is -1.61. The summed E-state index contributed by atoms with van der Waals surface area (Å²) in [6.07, 6.45) is 10.4. The van der Waals surface area contributed by atoms with Crippen LogP contribution in [0.3, 0.4) is 0 Å². The van der Waals surface area contributed by atoms with Gasteiger partial charge in [0, 0.05) is 12.4 Å². The Morgan fingerprint density at radius 2 is 1.84 bits per heavy atom. The van der Waals surface area contributed by atoms with E-state index in [4.69, 9.17) is 5.73 Å². The van der Waals surface area contributed by atoms with E-state index in [0.29, 0.717) is 0 Å². The maximum absolute atomic E-state index is 6.20. The van der Waals surface area contributed by atoms with Crippen LogP contribution >= 0.6 is 0 Å². The lowest BCUT2D eigenvalue weighted by atomic mass is 9.84. The summed E-state index contributed by atoms with van der Waals surface area (Å²) in [5.41, 5.74) is 8.78. The van der Waals surface area contributed by atoms with Gasteiger partial charge in [0.2, 0.25) is 0 Å². The number of nitrogens with one attached hydrogen (secondary N) is 1. The van der Waals surface area contributed by atoms with Gasteiger partial charge in [-0.3, -0.25) is 0 Å². The van der Waals surface area contributed by atoms with Crippen molar-refractivity contribution in [2.75, 3.05) is 0 Å². The highest BCUT2D eigenvalue weighted by atomic mass is 14.9. The average Bonchev–Trinajstić information content (AvgIpc) is 3.02. The van der Waals surface area contributed by atoms with Crippen LogP contribution in [0, 0.1) is 0 Å². The molecule has 1 aromatic heterocycles. The van der Waals surface area contributed by atoms with Crippen molar-refractivity contribution in [1.29, 1.82) is 0 Å². The van der Waals surface area contributed by atoms with Crippen molar-refractivity contribution in [2.45, 2.75) is 44.1 Å². The maximum atomic E-state index is 6.20. The van der Waals surface area contributed by atoms with Crippen LogP contribution in [0.15, 0.2) is 36.7 Å². The van der Waals surface area contributed by atoms with E-state index < -0.39 is 0 Å². The Balaban J connectivity index is 1.75. The van der Waals surface area contributed by atoms with Gasteiger partial charge < -0.3 is 10.7 Å². The monoisotopic (exact) mass is 255 g/mol. The quantitative estimate of drug-likeness (QED) is 0.881. The van der Waals surface area contributed by atoms with Crippen LogP contribution in [-0.4, -0.2) is 9.97 Å². The van der Waals surface area contributed by atoms with Gasteiger partial charge in [0.25, 0.3) is 0 Å². The average molecular weight is 255 g/mol. The minimum atomic E-state index is -0.157. The number of aromatic nitrogens is 2. The predicted octanol–water partition coefficient (Wildman–Crippen LogP) is 3.51. The number of hydrogen-bond acceptors (Lipinski definition) is 2. The standard InChI is InChI=1S/C16H21N3/c17-15(16-18-10-11-19-16)14-8-6-13(7-9-14)12-4-2-1-3-5-12/h6-12,15H,1-5,17H2,(H,18,19). The van der Waals surface area contributed by atoms with Gasteiger partial charge in [-0.1, -0.05) is 43.5 Å². The number of rotatable bonds is 3. The normalized spacial score (nSPS) is 18.4. The topological polar surface area (TPSA) is 54.7 Å². The van der Waals surface area contributed by atoms with E-state index in [9.17, 15) is 0 Å². The fourth-order valence-corrected chi connectivity index (χ4v) is 3.02. The number of aromatic amines is 1. The Morgan fingerprint density at radius 1 is 1.11 bits per heavy atom. The van der Waals surface area contributed by atoms with E-state index in [0.717, 1.165) is 17.3 Å². The summed E-state index contributed by atoms with van der Waals surface area (Å²) in [5, 5.41) is 0. The molecule has 3 rings (SSSR count). The van der Waals surface area contributed by atoms with E-state index in [1.165, 1.54) is 37.7 Å². The molecule has 0 amide bonds. The molecule has 3 N–H and O–H groups in total. The second-order valence-corrected chi connectivity index (χ2v) is 5.45. The molecule has 0 radical (unpaired) electrons. The molecule has 0 aliphatic heterocycles. The van der Waals surface area contributed by atoms with Crippen molar-refractivity contribution >= 4 is 0 Å². The molecule has 1 aromatic carbocycles.